The zero-order valence-corrected chi connectivity index (χ0v) is 20.3. The number of aliphatic hydroxyl groups excluding tert-OH is 1. The molecule has 2 fully saturated rings. The molecule has 1 aromatic heterocycles. The van der Waals surface area contributed by atoms with E-state index in [4.69, 9.17) is 14.2 Å². The number of esters is 1. The van der Waals surface area contributed by atoms with E-state index < -0.39 is 65.6 Å². The molecule has 4 bridgehead atoms. The summed E-state index contributed by atoms with van der Waals surface area (Å²) in [7, 11) is 1.35. The molecule has 4 rings (SSSR count). The van der Waals surface area contributed by atoms with Crippen LogP contribution in [0.4, 0.5) is 0 Å². The van der Waals surface area contributed by atoms with Gasteiger partial charge in [-0.1, -0.05) is 32.1 Å². The maximum Gasteiger partial charge on any atom is 0.355 e. The van der Waals surface area contributed by atoms with Crippen molar-refractivity contribution in [3.63, 3.8) is 0 Å². The SMILES string of the molecule is COC(C[C@H]1C=C[C@H]2[C@H]3O[C@]1(/C(C)=C/C(C)C=O)[C@@H]2[C@H](O)[C@@H](C)[C@H]3OC(=O)c1ccc[nH]1)C(=O)O. The number of rotatable bonds is 9. The predicted octanol–water partition coefficient (Wildman–Crippen LogP) is 2.38. The molecule has 10 atom stereocenters. The standard InChI is InChI=1S/C26H33NO8/c1-13(12-28)10-14(2)26-16(11-19(33-4)24(30)31)7-8-17-20(26)21(29)15(3)22(23(17)35-26)34-25(32)18-6-5-9-27-18/h5-10,12-13,15-17,19-23,27,29H,11H2,1-4H3,(H,30,31)/b14-10+/t13?,15-,16-,17-,19?,20+,21-,22-,23-,26+/m1/s1. The minimum atomic E-state index is -1.09. The number of aromatic amines is 1. The summed E-state index contributed by atoms with van der Waals surface area (Å²) in [6, 6.07) is 3.31. The highest BCUT2D eigenvalue weighted by molar-refractivity contribution is 5.87. The van der Waals surface area contributed by atoms with E-state index in [2.05, 4.69) is 4.98 Å². The zero-order chi connectivity index (χ0) is 25.5. The maximum atomic E-state index is 12.8. The van der Waals surface area contributed by atoms with Crippen molar-refractivity contribution in [3.05, 3.63) is 47.8 Å². The Morgan fingerprint density at radius 3 is 2.69 bits per heavy atom. The van der Waals surface area contributed by atoms with Crippen molar-refractivity contribution in [2.75, 3.05) is 7.11 Å². The number of aromatic nitrogens is 1. The Morgan fingerprint density at radius 1 is 1.34 bits per heavy atom. The summed E-state index contributed by atoms with van der Waals surface area (Å²) in [5.74, 6) is -3.54. The van der Waals surface area contributed by atoms with Gasteiger partial charge in [0.25, 0.3) is 0 Å². The fourth-order valence-corrected chi connectivity index (χ4v) is 6.24. The largest absolute Gasteiger partial charge is 0.479 e. The first-order valence-corrected chi connectivity index (χ1v) is 11.9. The second kappa shape index (κ2) is 9.72. The number of carbonyl (C=O) groups is 3. The number of aliphatic hydroxyl groups is 1. The van der Waals surface area contributed by atoms with Gasteiger partial charge in [0.15, 0.2) is 6.10 Å². The minimum absolute atomic E-state index is 0.118. The van der Waals surface area contributed by atoms with Crippen LogP contribution in [0.3, 0.4) is 0 Å². The maximum absolute atomic E-state index is 12.8. The number of aldehydes is 1. The number of ether oxygens (including phenoxy) is 3. The van der Waals surface area contributed by atoms with E-state index in [0.29, 0.717) is 5.69 Å². The number of carboxylic acids is 1. The van der Waals surface area contributed by atoms with Crippen molar-refractivity contribution < 1.29 is 38.8 Å². The fraction of sp³-hybridized carbons (Fsp3) is 0.577. The molecule has 3 aliphatic rings. The van der Waals surface area contributed by atoms with Crippen molar-refractivity contribution in [1.29, 1.82) is 0 Å². The summed E-state index contributed by atoms with van der Waals surface area (Å²) in [6.07, 6.45) is 5.01. The Bertz CT molecular complexity index is 1020. The number of hydrogen-bond acceptors (Lipinski definition) is 7. The molecule has 1 aromatic rings. The van der Waals surface area contributed by atoms with Crippen LogP contribution in [0.1, 0.15) is 37.7 Å². The summed E-state index contributed by atoms with van der Waals surface area (Å²) in [6.45, 7) is 5.44. The van der Waals surface area contributed by atoms with Gasteiger partial charge in [-0.05, 0) is 31.1 Å². The smallest absolute Gasteiger partial charge is 0.355 e. The number of methoxy groups -OCH3 is 1. The Kier molecular flexibility index (Phi) is 7.04. The lowest BCUT2D eigenvalue weighted by Crippen LogP contribution is -2.57. The van der Waals surface area contributed by atoms with Crippen molar-refractivity contribution >= 4 is 18.2 Å². The first-order valence-electron chi connectivity index (χ1n) is 11.9. The lowest BCUT2D eigenvalue weighted by molar-refractivity contribution is -0.151. The van der Waals surface area contributed by atoms with Gasteiger partial charge < -0.3 is 34.2 Å². The average Bonchev–Trinajstić information content (AvgIpc) is 3.43. The first kappa shape index (κ1) is 25.3. The van der Waals surface area contributed by atoms with Gasteiger partial charge >= 0.3 is 11.9 Å². The molecule has 2 aliphatic carbocycles. The number of allylic oxidation sites excluding steroid dienone is 1. The lowest BCUT2D eigenvalue weighted by Gasteiger charge is -2.48. The van der Waals surface area contributed by atoms with Crippen LogP contribution < -0.4 is 0 Å². The summed E-state index contributed by atoms with van der Waals surface area (Å²) in [5.41, 5.74) is -0.0283. The van der Waals surface area contributed by atoms with Crippen LogP contribution in [0.25, 0.3) is 0 Å². The molecular weight excluding hydrogens is 454 g/mol. The monoisotopic (exact) mass is 487 g/mol. The van der Waals surface area contributed by atoms with Gasteiger partial charge in [0.1, 0.15) is 29.8 Å². The van der Waals surface area contributed by atoms with Crippen LogP contribution >= 0.6 is 0 Å². The van der Waals surface area contributed by atoms with Gasteiger partial charge in [0.2, 0.25) is 0 Å². The third-order valence-electron chi connectivity index (χ3n) is 7.92. The number of hydrogen-bond donors (Lipinski definition) is 3. The lowest BCUT2D eigenvalue weighted by atomic mass is 9.57. The molecule has 0 aromatic carbocycles. The molecule has 9 heteroatoms. The Labute approximate surface area is 204 Å². The first-order chi connectivity index (χ1) is 16.6. The summed E-state index contributed by atoms with van der Waals surface area (Å²) < 4.78 is 17.9. The number of aliphatic carboxylic acids is 1. The van der Waals surface area contributed by atoms with Crippen LogP contribution in [0, 0.1) is 29.6 Å². The third-order valence-corrected chi connectivity index (χ3v) is 7.92. The van der Waals surface area contributed by atoms with E-state index >= 15 is 0 Å². The molecule has 1 aliphatic heterocycles. The number of nitrogens with one attached hydrogen (secondary N) is 1. The van der Waals surface area contributed by atoms with E-state index in [1.807, 2.05) is 26.0 Å². The highest BCUT2D eigenvalue weighted by Gasteiger charge is 2.68. The fourth-order valence-electron chi connectivity index (χ4n) is 6.24. The molecule has 2 heterocycles. The molecule has 0 radical (unpaired) electrons. The van der Waals surface area contributed by atoms with Gasteiger partial charge in [-0.15, -0.1) is 0 Å². The van der Waals surface area contributed by atoms with Crippen LogP contribution in [0.5, 0.6) is 0 Å². The molecule has 3 N–H and O–H groups in total. The van der Waals surface area contributed by atoms with Gasteiger partial charge in [0.05, 0.1) is 6.10 Å². The topological polar surface area (TPSA) is 135 Å². The third kappa shape index (κ3) is 4.15. The Balaban J connectivity index is 1.76. The highest BCUT2D eigenvalue weighted by atomic mass is 16.6. The van der Waals surface area contributed by atoms with Crippen LogP contribution in [-0.2, 0) is 23.8 Å². The van der Waals surface area contributed by atoms with E-state index in [0.717, 1.165) is 11.9 Å². The van der Waals surface area contributed by atoms with Crippen LogP contribution in [0.15, 0.2) is 42.1 Å². The van der Waals surface area contributed by atoms with Crippen molar-refractivity contribution in [1.82, 2.24) is 4.98 Å². The predicted molar refractivity (Wildman–Crippen MR) is 124 cm³/mol. The molecule has 35 heavy (non-hydrogen) atoms. The molecule has 1 saturated carbocycles. The van der Waals surface area contributed by atoms with Gasteiger partial charge in [-0.2, -0.15) is 0 Å². The molecule has 1 saturated heterocycles. The van der Waals surface area contributed by atoms with E-state index in [9.17, 15) is 24.6 Å². The minimum Gasteiger partial charge on any atom is -0.479 e. The summed E-state index contributed by atoms with van der Waals surface area (Å²) >= 11 is 0. The van der Waals surface area contributed by atoms with Gasteiger partial charge in [-0.25, -0.2) is 9.59 Å². The molecule has 2 unspecified atom stereocenters. The highest BCUT2D eigenvalue weighted by Crippen LogP contribution is 2.61. The molecule has 9 nitrogen and oxygen atoms in total. The Hall–Kier alpha value is -2.75. The van der Waals surface area contributed by atoms with E-state index in [1.165, 1.54) is 7.11 Å². The van der Waals surface area contributed by atoms with E-state index in [1.54, 1.807) is 31.3 Å². The zero-order valence-electron chi connectivity index (χ0n) is 20.3. The Morgan fingerprint density at radius 2 is 2.09 bits per heavy atom. The second-order valence-electron chi connectivity index (χ2n) is 9.92. The molecule has 0 spiro atoms. The molecular formula is C26H33NO8. The van der Waals surface area contributed by atoms with E-state index in [-0.39, 0.29) is 12.3 Å². The molecule has 0 amide bonds. The van der Waals surface area contributed by atoms with Crippen molar-refractivity contribution in [2.45, 2.75) is 57.2 Å². The molecule has 190 valence electrons. The normalized spacial score (nSPS) is 37.5. The number of carboxylic acid groups (broad SMARTS) is 1. The van der Waals surface area contributed by atoms with Crippen LogP contribution in [0.2, 0.25) is 0 Å². The van der Waals surface area contributed by atoms with Gasteiger partial charge in [0, 0.05) is 42.9 Å². The number of carbonyl (C=O) groups excluding carboxylic acids is 2. The van der Waals surface area contributed by atoms with Crippen molar-refractivity contribution in [3.8, 4) is 0 Å². The second-order valence-corrected chi connectivity index (χ2v) is 9.92. The average molecular weight is 488 g/mol. The quantitative estimate of drug-likeness (QED) is 0.275. The summed E-state index contributed by atoms with van der Waals surface area (Å²) in [5, 5.41) is 21.2. The number of H-pyrrole nitrogens is 1. The van der Waals surface area contributed by atoms with Crippen LogP contribution in [-0.4, -0.2) is 70.5 Å². The summed E-state index contributed by atoms with van der Waals surface area (Å²) in [4.78, 5) is 38.8. The van der Waals surface area contributed by atoms with Crippen molar-refractivity contribution in [2.24, 2.45) is 29.6 Å². The van der Waals surface area contributed by atoms with Gasteiger partial charge in [-0.3, -0.25) is 0 Å².